The molecule has 1 fully saturated rings. The second kappa shape index (κ2) is 4.44. The van der Waals surface area contributed by atoms with Crippen LogP contribution in [0.5, 0.6) is 0 Å². The van der Waals surface area contributed by atoms with Gasteiger partial charge in [-0.2, -0.15) is 0 Å². The third kappa shape index (κ3) is 2.12. The van der Waals surface area contributed by atoms with Crippen molar-refractivity contribution in [1.82, 2.24) is 19.6 Å². The van der Waals surface area contributed by atoms with Crippen molar-refractivity contribution in [3.8, 4) is 0 Å². The van der Waals surface area contributed by atoms with Crippen molar-refractivity contribution >= 4 is 17.2 Å². The number of hydrogen-bond acceptors (Lipinski definition) is 3. The van der Waals surface area contributed by atoms with Gasteiger partial charge in [0.05, 0.1) is 0 Å². The van der Waals surface area contributed by atoms with Crippen LogP contribution < -0.4 is 0 Å². The van der Waals surface area contributed by atoms with Gasteiger partial charge >= 0.3 is 0 Å². The van der Waals surface area contributed by atoms with E-state index in [0.29, 0.717) is 11.1 Å². The van der Waals surface area contributed by atoms with Gasteiger partial charge in [-0.15, -0.1) is 10.2 Å². The third-order valence-electron chi connectivity index (χ3n) is 4.37. The van der Waals surface area contributed by atoms with E-state index in [-0.39, 0.29) is 5.41 Å². The lowest BCUT2D eigenvalue weighted by atomic mass is 9.68. The van der Waals surface area contributed by atoms with Crippen molar-refractivity contribution in [3.05, 3.63) is 22.9 Å². The Balaban J connectivity index is 2.15. The van der Waals surface area contributed by atoms with E-state index in [2.05, 4.69) is 33.4 Å². The number of aryl methyl sites for hydroxylation is 1. The van der Waals surface area contributed by atoms with Crippen molar-refractivity contribution in [1.29, 1.82) is 0 Å². The Kier molecular flexibility index (Phi) is 3.01. The van der Waals surface area contributed by atoms with Crippen LogP contribution in [0.4, 0.5) is 0 Å². The number of halogens is 1. The number of fused-ring (bicyclic) bond motifs is 1. The first-order valence-corrected chi connectivity index (χ1v) is 7.25. The van der Waals surface area contributed by atoms with Crippen LogP contribution in [0.1, 0.15) is 57.1 Å². The quantitative estimate of drug-likeness (QED) is 0.746. The molecule has 0 aliphatic heterocycles. The minimum atomic E-state index is 0.271. The molecule has 0 spiro atoms. The second-order valence-electron chi connectivity index (χ2n) is 6.16. The lowest BCUT2D eigenvalue weighted by molar-refractivity contribution is 0.191. The van der Waals surface area contributed by atoms with Gasteiger partial charge in [-0.1, -0.05) is 38.3 Å². The molecule has 5 heteroatoms. The fourth-order valence-electron chi connectivity index (χ4n) is 3.28. The Morgan fingerprint density at radius 1 is 1.32 bits per heavy atom. The Morgan fingerprint density at radius 3 is 2.84 bits per heavy atom. The van der Waals surface area contributed by atoms with Gasteiger partial charge in [-0.25, -0.2) is 4.98 Å². The van der Waals surface area contributed by atoms with Crippen LogP contribution in [0.3, 0.4) is 0 Å². The largest absolute Gasteiger partial charge is 0.266 e. The van der Waals surface area contributed by atoms with Crippen LogP contribution in [0.2, 0.25) is 5.15 Å². The highest BCUT2D eigenvalue weighted by molar-refractivity contribution is 6.29. The summed E-state index contributed by atoms with van der Waals surface area (Å²) in [6, 6.07) is 1.78. The minimum Gasteiger partial charge on any atom is -0.266 e. The molecular formula is C14H19ClN4. The van der Waals surface area contributed by atoms with Crippen LogP contribution in [-0.4, -0.2) is 19.6 Å². The summed E-state index contributed by atoms with van der Waals surface area (Å²) in [6.07, 6.45) is 4.99. The number of rotatable bonds is 1. The predicted octanol–water partition coefficient (Wildman–Crippen LogP) is 3.77. The first-order valence-electron chi connectivity index (χ1n) is 6.87. The Hall–Kier alpha value is -1.16. The zero-order valence-electron chi connectivity index (χ0n) is 11.6. The third-order valence-corrected chi connectivity index (χ3v) is 4.57. The van der Waals surface area contributed by atoms with E-state index in [9.17, 15) is 0 Å². The van der Waals surface area contributed by atoms with Crippen LogP contribution in [-0.2, 0) is 0 Å². The Morgan fingerprint density at radius 2 is 2.11 bits per heavy atom. The van der Waals surface area contributed by atoms with Crippen molar-refractivity contribution < 1.29 is 0 Å². The molecular weight excluding hydrogens is 260 g/mol. The van der Waals surface area contributed by atoms with Gasteiger partial charge in [0.2, 0.25) is 0 Å². The van der Waals surface area contributed by atoms with Gasteiger partial charge in [0.1, 0.15) is 16.8 Å². The van der Waals surface area contributed by atoms with E-state index in [1.165, 1.54) is 25.7 Å². The molecule has 1 atom stereocenters. The fraction of sp³-hybridized carbons (Fsp3) is 0.643. The molecule has 3 rings (SSSR count). The summed E-state index contributed by atoms with van der Waals surface area (Å²) in [4.78, 5) is 4.33. The first-order chi connectivity index (χ1) is 8.99. The molecule has 1 aliphatic rings. The summed E-state index contributed by atoms with van der Waals surface area (Å²) in [7, 11) is 0. The van der Waals surface area contributed by atoms with Crippen molar-refractivity contribution in [2.45, 2.75) is 52.4 Å². The monoisotopic (exact) mass is 278 g/mol. The molecule has 0 radical (unpaired) electrons. The predicted molar refractivity (Wildman–Crippen MR) is 75.5 cm³/mol. The Bertz CT molecular complexity index is 617. The molecule has 1 aliphatic carbocycles. The maximum absolute atomic E-state index is 5.98. The van der Waals surface area contributed by atoms with Crippen molar-refractivity contribution in [2.75, 3.05) is 0 Å². The topological polar surface area (TPSA) is 43.1 Å². The molecule has 0 amide bonds. The molecule has 2 aromatic heterocycles. The van der Waals surface area contributed by atoms with E-state index in [0.717, 1.165) is 17.3 Å². The number of hydrogen-bond donors (Lipinski definition) is 0. The summed E-state index contributed by atoms with van der Waals surface area (Å²) >= 11 is 5.98. The SMILES string of the molecule is Cc1nc(Cl)cc2nnc(C3CCCCC3(C)C)n12. The highest BCUT2D eigenvalue weighted by Gasteiger charge is 2.36. The van der Waals surface area contributed by atoms with E-state index < -0.39 is 0 Å². The highest BCUT2D eigenvalue weighted by Crippen LogP contribution is 2.46. The van der Waals surface area contributed by atoms with Crippen LogP contribution in [0, 0.1) is 12.3 Å². The summed E-state index contributed by atoms with van der Waals surface area (Å²) in [5, 5.41) is 9.18. The smallest absolute Gasteiger partial charge is 0.165 e. The average molecular weight is 279 g/mol. The lowest BCUT2D eigenvalue weighted by Gasteiger charge is -2.37. The molecule has 0 aromatic carbocycles. The van der Waals surface area contributed by atoms with Crippen molar-refractivity contribution in [2.24, 2.45) is 5.41 Å². The van der Waals surface area contributed by atoms with Gasteiger partial charge in [-0.3, -0.25) is 4.40 Å². The van der Waals surface area contributed by atoms with E-state index in [4.69, 9.17) is 11.6 Å². The van der Waals surface area contributed by atoms with E-state index in [1.807, 2.05) is 6.92 Å². The molecule has 1 saturated carbocycles. The lowest BCUT2D eigenvalue weighted by Crippen LogP contribution is -2.28. The fourth-order valence-corrected chi connectivity index (χ4v) is 3.50. The molecule has 102 valence electrons. The zero-order valence-corrected chi connectivity index (χ0v) is 12.4. The summed E-state index contributed by atoms with van der Waals surface area (Å²) < 4.78 is 2.06. The summed E-state index contributed by atoms with van der Waals surface area (Å²) in [5.74, 6) is 2.35. The number of nitrogens with zero attached hydrogens (tertiary/aromatic N) is 4. The molecule has 0 saturated heterocycles. The summed E-state index contributed by atoms with van der Waals surface area (Å²) in [6.45, 7) is 6.62. The molecule has 2 heterocycles. The number of aromatic nitrogens is 4. The molecule has 0 N–H and O–H groups in total. The summed E-state index contributed by atoms with van der Waals surface area (Å²) in [5.41, 5.74) is 1.07. The molecule has 2 aromatic rings. The molecule has 19 heavy (non-hydrogen) atoms. The first kappa shape index (κ1) is 12.9. The van der Waals surface area contributed by atoms with Gasteiger partial charge in [0, 0.05) is 12.0 Å². The zero-order chi connectivity index (χ0) is 13.6. The second-order valence-corrected chi connectivity index (χ2v) is 6.55. The van der Waals surface area contributed by atoms with Gasteiger partial charge < -0.3 is 0 Å². The average Bonchev–Trinajstić information content (AvgIpc) is 2.72. The van der Waals surface area contributed by atoms with E-state index >= 15 is 0 Å². The molecule has 4 nitrogen and oxygen atoms in total. The van der Waals surface area contributed by atoms with Crippen molar-refractivity contribution in [3.63, 3.8) is 0 Å². The standard InChI is InChI=1S/C14H19ClN4/c1-9-16-11(15)8-12-17-18-13(19(9)12)10-6-4-5-7-14(10,2)3/h8,10H,4-7H2,1-3H3. The van der Waals surface area contributed by atoms with Crippen LogP contribution in [0.25, 0.3) is 5.65 Å². The normalized spacial score (nSPS) is 22.8. The molecule has 0 bridgehead atoms. The van der Waals surface area contributed by atoms with Crippen LogP contribution in [0.15, 0.2) is 6.07 Å². The highest BCUT2D eigenvalue weighted by atomic mass is 35.5. The van der Waals surface area contributed by atoms with Gasteiger partial charge in [0.25, 0.3) is 0 Å². The van der Waals surface area contributed by atoms with Gasteiger partial charge in [-0.05, 0) is 25.2 Å². The van der Waals surface area contributed by atoms with Gasteiger partial charge in [0.15, 0.2) is 5.65 Å². The van der Waals surface area contributed by atoms with E-state index in [1.54, 1.807) is 6.07 Å². The molecule has 1 unspecified atom stereocenters. The minimum absolute atomic E-state index is 0.271. The maximum Gasteiger partial charge on any atom is 0.165 e. The maximum atomic E-state index is 5.98. The Labute approximate surface area is 118 Å². The van der Waals surface area contributed by atoms with Crippen LogP contribution >= 0.6 is 11.6 Å².